The summed E-state index contributed by atoms with van der Waals surface area (Å²) >= 11 is 6.08. The summed E-state index contributed by atoms with van der Waals surface area (Å²) in [4.78, 5) is 14.3. The molecule has 39 heavy (non-hydrogen) atoms. The lowest BCUT2D eigenvalue weighted by Gasteiger charge is -2.32. The first-order valence-corrected chi connectivity index (χ1v) is 14.9. The van der Waals surface area contributed by atoms with Gasteiger partial charge in [-0.25, -0.2) is 0 Å². The fraction of sp³-hybridized carbons (Fsp3) is 0.441. The van der Waals surface area contributed by atoms with E-state index in [9.17, 15) is 4.79 Å². The molecule has 3 aromatic carbocycles. The average Bonchev–Trinajstić information content (AvgIpc) is 2.97. The van der Waals surface area contributed by atoms with Crippen LogP contribution in [0.2, 0.25) is 5.02 Å². The van der Waals surface area contributed by atoms with Gasteiger partial charge in [-0.3, -0.25) is 9.69 Å². The van der Waals surface area contributed by atoms with Gasteiger partial charge in [-0.05, 0) is 86.0 Å². The summed E-state index contributed by atoms with van der Waals surface area (Å²) in [7, 11) is 0. The summed E-state index contributed by atoms with van der Waals surface area (Å²) in [6, 6.07) is 22.3. The summed E-state index contributed by atoms with van der Waals surface area (Å²) in [6.45, 7) is 4.13. The topological polar surface area (TPSA) is 49.8 Å². The van der Waals surface area contributed by atoms with Crippen LogP contribution in [0, 0.1) is 5.92 Å². The van der Waals surface area contributed by atoms with Gasteiger partial charge in [0.25, 0.3) is 0 Å². The largest absolute Gasteiger partial charge is 0.493 e. The van der Waals surface area contributed by atoms with Gasteiger partial charge in [-0.1, -0.05) is 85.8 Å². The molecule has 0 aromatic heterocycles. The molecular formula is C34H42ClNO3. The predicted octanol–water partition coefficient (Wildman–Crippen LogP) is 7.99. The third kappa shape index (κ3) is 9.20. The highest BCUT2D eigenvalue weighted by Crippen LogP contribution is 2.34. The number of carbonyl (C=O) groups excluding carboxylic acids is 1. The molecule has 0 amide bonds. The smallest absolute Gasteiger partial charge is 0.150 e. The van der Waals surface area contributed by atoms with Crippen molar-refractivity contribution in [2.24, 2.45) is 5.92 Å². The summed E-state index contributed by atoms with van der Waals surface area (Å²) in [5, 5.41) is 9.56. The van der Waals surface area contributed by atoms with Crippen molar-refractivity contribution in [3.8, 4) is 16.9 Å². The molecule has 4 rings (SSSR count). The molecule has 0 radical (unpaired) electrons. The number of rotatable bonds is 15. The van der Waals surface area contributed by atoms with E-state index >= 15 is 0 Å². The Morgan fingerprint density at radius 3 is 2.31 bits per heavy atom. The van der Waals surface area contributed by atoms with E-state index in [-0.39, 0.29) is 0 Å². The number of hydrogen-bond acceptors (Lipinski definition) is 4. The van der Waals surface area contributed by atoms with Crippen molar-refractivity contribution >= 4 is 17.9 Å². The molecule has 0 spiro atoms. The molecule has 0 unspecified atom stereocenters. The van der Waals surface area contributed by atoms with E-state index in [2.05, 4.69) is 29.2 Å². The van der Waals surface area contributed by atoms with Gasteiger partial charge in [0, 0.05) is 29.3 Å². The van der Waals surface area contributed by atoms with Crippen molar-refractivity contribution in [1.29, 1.82) is 0 Å². The van der Waals surface area contributed by atoms with Crippen LogP contribution in [-0.2, 0) is 13.0 Å². The fourth-order valence-electron chi connectivity index (χ4n) is 5.50. The van der Waals surface area contributed by atoms with Gasteiger partial charge in [-0.2, -0.15) is 0 Å². The van der Waals surface area contributed by atoms with E-state index in [4.69, 9.17) is 21.4 Å². The van der Waals surface area contributed by atoms with E-state index in [0.717, 1.165) is 74.9 Å². The molecule has 0 saturated carbocycles. The van der Waals surface area contributed by atoms with Crippen LogP contribution in [0.15, 0.2) is 66.7 Å². The number of unbranched alkanes of at least 4 members (excludes halogenated alkanes) is 5. The van der Waals surface area contributed by atoms with Crippen molar-refractivity contribution in [2.45, 2.75) is 64.3 Å². The standard InChI is InChI=1S/C34H42ClNO3/c35-32-16-14-30(15-17-32)34-31(25-38)12-8-13-33(34)39-26-28-18-20-36(21-19-28)24-29-11-7-10-27(23-29)9-5-3-1-2-4-6-22-37/h7-8,10-17,23,25,28,37H,1-6,9,18-22,24,26H2. The maximum Gasteiger partial charge on any atom is 0.150 e. The Bertz CT molecular complexity index is 1160. The van der Waals surface area contributed by atoms with Crippen LogP contribution in [-0.4, -0.2) is 42.6 Å². The first-order chi connectivity index (χ1) is 19.2. The minimum atomic E-state index is 0.321. The van der Waals surface area contributed by atoms with Crippen molar-refractivity contribution in [3.63, 3.8) is 0 Å². The molecule has 0 atom stereocenters. The third-order valence-electron chi connectivity index (χ3n) is 7.77. The van der Waals surface area contributed by atoms with Gasteiger partial charge in [0.2, 0.25) is 0 Å². The lowest BCUT2D eigenvalue weighted by molar-refractivity contribution is 0.112. The molecule has 208 valence electrons. The minimum Gasteiger partial charge on any atom is -0.493 e. The van der Waals surface area contributed by atoms with Gasteiger partial charge in [0.1, 0.15) is 5.75 Å². The SMILES string of the molecule is O=Cc1cccc(OCC2CCN(Cc3cccc(CCCCCCCCO)c3)CC2)c1-c1ccc(Cl)cc1. The lowest BCUT2D eigenvalue weighted by atomic mass is 9.96. The zero-order chi connectivity index (χ0) is 27.3. The Kier molecular flexibility index (Phi) is 11.9. The summed E-state index contributed by atoms with van der Waals surface area (Å²) in [5.41, 5.74) is 5.25. The van der Waals surface area contributed by atoms with Crippen LogP contribution in [0.5, 0.6) is 5.75 Å². The molecule has 5 heteroatoms. The van der Waals surface area contributed by atoms with E-state index in [1.807, 2.05) is 42.5 Å². The van der Waals surface area contributed by atoms with Gasteiger partial charge in [0.15, 0.2) is 6.29 Å². The molecule has 1 saturated heterocycles. The second kappa shape index (κ2) is 15.8. The highest BCUT2D eigenvalue weighted by molar-refractivity contribution is 6.30. The lowest BCUT2D eigenvalue weighted by Crippen LogP contribution is -2.35. The number of halogens is 1. The van der Waals surface area contributed by atoms with Crippen molar-refractivity contribution in [2.75, 3.05) is 26.3 Å². The van der Waals surface area contributed by atoms with Crippen LogP contribution < -0.4 is 4.74 Å². The Morgan fingerprint density at radius 2 is 1.56 bits per heavy atom. The maximum absolute atomic E-state index is 11.7. The third-order valence-corrected chi connectivity index (χ3v) is 8.02. The quantitative estimate of drug-likeness (QED) is 0.155. The van der Waals surface area contributed by atoms with Crippen LogP contribution in [0.3, 0.4) is 0 Å². The van der Waals surface area contributed by atoms with E-state index < -0.39 is 0 Å². The van der Waals surface area contributed by atoms with Crippen molar-refractivity contribution in [1.82, 2.24) is 4.90 Å². The van der Waals surface area contributed by atoms with Gasteiger partial charge < -0.3 is 9.84 Å². The number of aryl methyl sites for hydroxylation is 1. The monoisotopic (exact) mass is 547 g/mol. The molecule has 1 N–H and O–H groups in total. The highest BCUT2D eigenvalue weighted by atomic mass is 35.5. The maximum atomic E-state index is 11.7. The second-order valence-corrected chi connectivity index (χ2v) is 11.2. The molecular weight excluding hydrogens is 506 g/mol. The molecule has 1 aliphatic heterocycles. The van der Waals surface area contributed by atoms with E-state index in [1.165, 1.54) is 36.8 Å². The number of aliphatic hydroxyl groups excluding tert-OH is 1. The molecule has 3 aromatic rings. The number of carbonyl (C=O) groups is 1. The van der Waals surface area contributed by atoms with Crippen LogP contribution in [0.1, 0.15) is 72.9 Å². The molecule has 1 fully saturated rings. The van der Waals surface area contributed by atoms with Crippen LogP contribution in [0.25, 0.3) is 11.1 Å². The zero-order valence-corrected chi connectivity index (χ0v) is 23.7. The molecule has 4 nitrogen and oxygen atoms in total. The fourth-order valence-corrected chi connectivity index (χ4v) is 5.63. The number of piperidine rings is 1. The number of ether oxygens (including phenoxy) is 1. The first-order valence-electron chi connectivity index (χ1n) is 14.5. The Balaban J connectivity index is 1.23. The van der Waals surface area contributed by atoms with Gasteiger partial charge in [0.05, 0.1) is 6.61 Å². The highest BCUT2D eigenvalue weighted by Gasteiger charge is 2.21. The van der Waals surface area contributed by atoms with Gasteiger partial charge in [-0.15, -0.1) is 0 Å². The summed E-state index contributed by atoms with van der Waals surface area (Å²) in [6.07, 6.45) is 11.4. The zero-order valence-electron chi connectivity index (χ0n) is 23.0. The number of aldehydes is 1. The molecule has 0 aliphatic carbocycles. The number of likely N-dealkylation sites (tertiary alicyclic amines) is 1. The normalized spacial score (nSPS) is 14.4. The number of hydrogen-bond donors (Lipinski definition) is 1. The summed E-state index contributed by atoms with van der Waals surface area (Å²) < 4.78 is 6.33. The predicted molar refractivity (Wildman–Crippen MR) is 161 cm³/mol. The van der Waals surface area contributed by atoms with Crippen molar-refractivity contribution in [3.05, 3.63) is 88.4 Å². The van der Waals surface area contributed by atoms with Crippen LogP contribution >= 0.6 is 11.6 Å². The number of nitrogens with zero attached hydrogens (tertiary/aromatic N) is 1. The molecule has 1 heterocycles. The average molecular weight is 548 g/mol. The summed E-state index contributed by atoms with van der Waals surface area (Å²) in [5.74, 6) is 1.26. The molecule has 0 bridgehead atoms. The number of aliphatic hydroxyl groups is 1. The van der Waals surface area contributed by atoms with Gasteiger partial charge >= 0.3 is 0 Å². The second-order valence-electron chi connectivity index (χ2n) is 10.8. The molecule has 1 aliphatic rings. The number of benzene rings is 3. The minimum absolute atomic E-state index is 0.321. The van der Waals surface area contributed by atoms with E-state index in [0.29, 0.717) is 29.7 Å². The Labute approximate surface area is 239 Å². The van der Waals surface area contributed by atoms with Crippen molar-refractivity contribution < 1.29 is 14.6 Å². The first kappa shape index (κ1) is 29.3. The van der Waals surface area contributed by atoms with Crippen LogP contribution in [0.4, 0.5) is 0 Å². The Morgan fingerprint density at radius 1 is 0.872 bits per heavy atom. The Hall–Kier alpha value is -2.66. The van der Waals surface area contributed by atoms with E-state index in [1.54, 1.807) is 0 Å².